The molecule has 8 heteroatoms. The number of fused-ring (bicyclic) bond motifs is 1. The van der Waals surface area contributed by atoms with Gasteiger partial charge in [0.2, 0.25) is 0 Å². The molecule has 1 aromatic carbocycles. The third-order valence-corrected chi connectivity index (χ3v) is 5.25. The molecule has 0 saturated heterocycles. The maximum atomic E-state index is 12.8. The maximum Gasteiger partial charge on any atom is 0.310 e. The number of halogens is 1. The summed E-state index contributed by atoms with van der Waals surface area (Å²) in [5.74, 6) is -2.11. The van der Waals surface area contributed by atoms with Crippen molar-refractivity contribution in [1.82, 2.24) is 0 Å². The molecule has 1 aliphatic carbocycles. The first-order valence-corrected chi connectivity index (χ1v) is 8.90. The van der Waals surface area contributed by atoms with Gasteiger partial charge in [0.25, 0.3) is 11.8 Å². The topological polar surface area (TPSA) is 98.5 Å². The van der Waals surface area contributed by atoms with E-state index in [1.165, 1.54) is 35.6 Å². The van der Waals surface area contributed by atoms with Gasteiger partial charge in [0.05, 0.1) is 12.0 Å². The van der Waals surface area contributed by atoms with Gasteiger partial charge in [-0.1, -0.05) is 12.1 Å². The van der Waals surface area contributed by atoms with E-state index in [-0.39, 0.29) is 6.42 Å². The van der Waals surface area contributed by atoms with Gasteiger partial charge in [0.1, 0.15) is 10.8 Å². The van der Waals surface area contributed by atoms with Crippen LogP contribution in [0.15, 0.2) is 24.3 Å². The molecular formula is C18H17FN2O4S. The summed E-state index contributed by atoms with van der Waals surface area (Å²) < 4.78 is 17.8. The van der Waals surface area contributed by atoms with Gasteiger partial charge in [0, 0.05) is 4.88 Å². The third kappa shape index (κ3) is 4.08. The summed E-state index contributed by atoms with van der Waals surface area (Å²) >= 11 is 1.33. The third-order valence-electron chi connectivity index (χ3n) is 4.05. The quantitative estimate of drug-likeness (QED) is 0.755. The molecule has 0 atom stereocenters. The number of anilines is 1. The lowest BCUT2D eigenvalue weighted by atomic mass is 10.1. The fourth-order valence-corrected chi connectivity index (χ4v) is 4.19. The van der Waals surface area contributed by atoms with Gasteiger partial charge in [-0.3, -0.25) is 14.4 Å². The van der Waals surface area contributed by atoms with E-state index in [9.17, 15) is 18.8 Å². The van der Waals surface area contributed by atoms with Gasteiger partial charge in [-0.2, -0.15) is 0 Å². The van der Waals surface area contributed by atoms with Crippen LogP contribution in [-0.2, 0) is 33.6 Å². The van der Waals surface area contributed by atoms with Crippen molar-refractivity contribution < 1.29 is 23.5 Å². The Hall–Kier alpha value is -2.74. The molecule has 1 aromatic heterocycles. The van der Waals surface area contributed by atoms with Crippen LogP contribution in [0.1, 0.15) is 32.8 Å². The molecule has 0 bridgehead atoms. The first kappa shape index (κ1) is 18.1. The van der Waals surface area contributed by atoms with E-state index >= 15 is 0 Å². The Bertz CT molecular complexity index is 861. The number of nitrogens with one attached hydrogen (secondary N) is 1. The highest BCUT2D eigenvalue weighted by atomic mass is 32.1. The minimum absolute atomic E-state index is 0.0621. The number of hydrogen-bond donors (Lipinski definition) is 2. The monoisotopic (exact) mass is 376 g/mol. The van der Waals surface area contributed by atoms with Crippen molar-refractivity contribution in [1.29, 1.82) is 0 Å². The summed E-state index contributed by atoms with van der Waals surface area (Å²) in [6.07, 6.45) is 2.54. The van der Waals surface area contributed by atoms with E-state index in [0.29, 0.717) is 16.1 Å². The lowest BCUT2D eigenvalue weighted by Gasteiger charge is -2.07. The van der Waals surface area contributed by atoms with Gasteiger partial charge in [0.15, 0.2) is 6.61 Å². The molecule has 0 fully saturated rings. The number of carbonyl (C=O) groups is 3. The predicted octanol–water partition coefficient (Wildman–Crippen LogP) is 2.20. The molecule has 26 heavy (non-hydrogen) atoms. The molecule has 1 aliphatic rings. The van der Waals surface area contributed by atoms with E-state index in [1.54, 1.807) is 0 Å². The zero-order valence-electron chi connectivity index (χ0n) is 13.8. The highest BCUT2D eigenvalue weighted by Gasteiger charge is 2.26. The summed E-state index contributed by atoms with van der Waals surface area (Å²) in [6, 6.07) is 5.44. The summed E-state index contributed by atoms with van der Waals surface area (Å²) in [7, 11) is 0. The van der Waals surface area contributed by atoms with E-state index in [1.807, 2.05) is 0 Å². The summed E-state index contributed by atoms with van der Waals surface area (Å²) in [5, 5.41) is 3.00. The fraction of sp³-hybridized carbons (Fsp3) is 0.278. The lowest BCUT2D eigenvalue weighted by molar-refractivity contribution is -0.146. The van der Waals surface area contributed by atoms with E-state index in [2.05, 4.69) is 5.32 Å². The molecule has 136 valence electrons. The minimum atomic E-state index is -0.601. The standard InChI is InChI=1S/C18H17FN2O4S/c19-11-6-4-10(5-7-11)8-15(23)25-9-14(22)21-18-16(17(20)24)12-2-1-3-13(12)26-18/h4-7H,1-3,8-9H2,(H2,20,24)(H,21,22). The zero-order valence-corrected chi connectivity index (χ0v) is 14.7. The van der Waals surface area contributed by atoms with Gasteiger partial charge in [-0.25, -0.2) is 4.39 Å². The summed E-state index contributed by atoms with van der Waals surface area (Å²) in [4.78, 5) is 36.5. The Balaban J connectivity index is 1.55. The van der Waals surface area contributed by atoms with Crippen LogP contribution in [-0.4, -0.2) is 24.4 Å². The summed E-state index contributed by atoms with van der Waals surface area (Å²) in [6.45, 7) is -0.471. The van der Waals surface area contributed by atoms with Crippen molar-refractivity contribution in [2.24, 2.45) is 5.73 Å². The van der Waals surface area contributed by atoms with Crippen molar-refractivity contribution in [3.05, 3.63) is 51.7 Å². The minimum Gasteiger partial charge on any atom is -0.455 e. The Morgan fingerprint density at radius 1 is 1.19 bits per heavy atom. The normalized spacial score (nSPS) is 12.5. The smallest absolute Gasteiger partial charge is 0.310 e. The maximum absolute atomic E-state index is 12.8. The molecule has 0 unspecified atom stereocenters. The Labute approximate surface area is 153 Å². The number of primary amides is 1. The first-order valence-electron chi connectivity index (χ1n) is 8.08. The highest BCUT2D eigenvalue weighted by molar-refractivity contribution is 7.17. The first-order chi connectivity index (χ1) is 12.4. The van der Waals surface area contributed by atoms with Crippen LogP contribution in [0.3, 0.4) is 0 Å². The number of amides is 2. The number of rotatable bonds is 6. The molecule has 0 radical (unpaired) electrons. The van der Waals surface area contributed by atoms with E-state index in [4.69, 9.17) is 10.5 Å². The Morgan fingerprint density at radius 3 is 2.62 bits per heavy atom. The van der Waals surface area contributed by atoms with Crippen molar-refractivity contribution in [3.8, 4) is 0 Å². The number of hydrogen-bond acceptors (Lipinski definition) is 5. The molecule has 6 nitrogen and oxygen atoms in total. The second-order valence-electron chi connectivity index (χ2n) is 5.94. The second-order valence-corrected chi connectivity index (χ2v) is 7.04. The lowest BCUT2D eigenvalue weighted by Crippen LogP contribution is -2.23. The van der Waals surface area contributed by atoms with Crippen molar-refractivity contribution in [2.75, 3.05) is 11.9 Å². The van der Waals surface area contributed by atoms with Crippen molar-refractivity contribution in [3.63, 3.8) is 0 Å². The van der Waals surface area contributed by atoms with Crippen LogP contribution in [0.4, 0.5) is 9.39 Å². The number of benzene rings is 1. The van der Waals surface area contributed by atoms with Crippen LogP contribution in [0, 0.1) is 5.82 Å². The molecule has 3 N–H and O–H groups in total. The molecule has 3 rings (SSSR count). The number of carbonyl (C=O) groups excluding carboxylic acids is 3. The molecule has 0 spiro atoms. The molecule has 1 heterocycles. The zero-order chi connectivity index (χ0) is 18.7. The van der Waals surface area contributed by atoms with Crippen LogP contribution in [0.5, 0.6) is 0 Å². The van der Waals surface area contributed by atoms with Crippen LogP contribution in [0.2, 0.25) is 0 Å². The number of ether oxygens (including phenoxy) is 1. The SMILES string of the molecule is NC(=O)c1c(NC(=O)COC(=O)Cc2ccc(F)cc2)sc2c1CCC2. The number of nitrogens with two attached hydrogens (primary N) is 1. The van der Waals surface area contributed by atoms with Crippen molar-refractivity contribution in [2.45, 2.75) is 25.7 Å². The number of thiophene rings is 1. The largest absolute Gasteiger partial charge is 0.455 e. The Morgan fingerprint density at radius 2 is 1.92 bits per heavy atom. The molecular weight excluding hydrogens is 359 g/mol. The van der Waals surface area contributed by atoms with Gasteiger partial charge in [-0.15, -0.1) is 11.3 Å². The van der Waals surface area contributed by atoms with E-state index in [0.717, 1.165) is 29.7 Å². The fourth-order valence-electron chi connectivity index (χ4n) is 2.88. The summed E-state index contributed by atoms with van der Waals surface area (Å²) in [5.41, 5.74) is 7.28. The van der Waals surface area contributed by atoms with Crippen LogP contribution >= 0.6 is 11.3 Å². The average Bonchev–Trinajstić information content (AvgIpc) is 3.15. The molecule has 2 aromatic rings. The number of esters is 1. The van der Waals surface area contributed by atoms with Gasteiger partial charge in [-0.05, 0) is 42.5 Å². The molecule has 0 aliphatic heterocycles. The van der Waals surface area contributed by atoms with Crippen molar-refractivity contribution >= 4 is 34.1 Å². The Kier molecular flexibility index (Phi) is 5.32. The molecule has 2 amide bonds. The van der Waals surface area contributed by atoms with Gasteiger partial charge >= 0.3 is 5.97 Å². The second kappa shape index (κ2) is 7.65. The highest BCUT2D eigenvalue weighted by Crippen LogP contribution is 2.38. The van der Waals surface area contributed by atoms with Gasteiger partial charge < -0.3 is 15.8 Å². The number of aryl methyl sites for hydroxylation is 1. The van der Waals surface area contributed by atoms with Crippen LogP contribution in [0.25, 0.3) is 0 Å². The van der Waals surface area contributed by atoms with E-state index < -0.39 is 30.2 Å². The molecule has 0 saturated carbocycles. The predicted molar refractivity (Wildman–Crippen MR) is 94.6 cm³/mol. The average molecular weight is 376 g/mol. The van der Waals surface area contributed by atoms with Crippen LogP contribution < -0.4 is 11.1 Å².